The van der Waals surface area contributed by atoms with E-state index in [4.69, 9.17) is 5.73 Å². The smallest absolute Gasteiger partial charge is 0.225 e. The van der Waals surface area contributed by atoms with Crippen molar-refractivity contribution in [2.24, 2.45) is 11.7 Å². The minimum Gasteiger partial charge on any atom is -0.349 e. The van der Waals surface area contributed by atoms with Crippen LogP contribution in [0, 0.1) is 5.92 Å². The predicted octanol–water partition coefficient (Wildman–Crippen LogP) is 0.0302. The molecule has 0 spiro atoms. The van der Waals surface area contributed by atoms with Crippen molar-refractivity contribution in [3.63, 3.8) is 0 Å². The fourth-order valence-corrected chi connectivity index (χ4v) is 2.61. The van der Waals surface area contributed by atoms with Crippen molar-refractivity contribution in [3.05, 3.63) is 0 Å². The summed E-state index contributed by atoms with van der Waals surface area (Å²) in [5.74, 6) is -0.211. The molecule has 0 saturated carbocycles. The molecule has 1 rings (SSSR count). The molecule has 122 valence electrons. The van der Waals surface area contributed by atoms with Gasteiger partial charge in [-0.2, -0.15) is 0 Å². The summed E-state index contributed by atoms with van der Waals surface area (Å²) in [6.07, 6.45) is 1.92. The van der Waals surface area contributed by atoms with Crippen LogP contribution >= 0.6 is 0 Å². The van der Waals surface area contributed by atoms with Gasteiger partial charge in [-0.1, -0.05) is 13.8 Å². The lowest BCUT2D eigenvalue weighted by Crippen LogP contribution is -2.54. The Labute approximate surface area is 128 Å². The van der Waals surface area contributed by atoms with Crippen LogP contribution in [0.3, 0.4) is 0 Å². The normalized spacial score (nSPS) is 19.4. The number of likely N-dealkylation sites (N-methyl/N-ethyl adjacent to an activating group) is 1. The topological polar surface area (TPSA) is 78.7 Å². The van der Waals surface area contributed by atoms with Crippen molar-refractivity contribution < 1.29 is 9.59 Å². The average molecular weight is 298 g/mol. The number of carbonyl (C=O) groups excluding carboxylic acids is 2. The van der Waals surface area contributed by atoms with Gasteiger partial charge >= 0.3 is 0 Å². The molecule has 0 aliphatic carbocycles. The number of nitrogens with two attached hydrogens (primary N) is 1. The Morgan fingerprint density at radius 2 is 2.05 bits per heavy atom. The van der Waals surface area contributed by atoms with Gasteiger partial charge in [-0.05, 0) is 26.9 Å². The Bertz CT molecular complexity index is 358. The van der Waals surface area contributed by atoms with Gasteiger partial charge in [0.25, 0.3) is 0 Å². The van der Waals surface area contributed by atoms with Crippen LogP contribution in [0.1, 0.15) is 33.1 Å². The lowest BCUT2D eigenvalue weighted by Gasteiger charge is -2.32. The first kappa shape index (κ1) is 17.9. The Morgan fingerprint density at radius 3 is 2.52 bits per heavy atom. The molecule has 1 saturated heterocycles. The van der Waals surface area contributed by atoms with Crippen LogP contribution in [0.4, 0.5) is 0 Å². The SMILES string of the molecule is CCC(CC)(CN)NC(=O)C1CC(=O)N(CCN(C)C)C1. The average Bonchev–Trinajstić information content (AvgIpc) is 2.84. The largest absolute Gasteiger partial charge is 0.349 e. The van der Waals surface area contributed by atoms with Gasteiger partial charge in [-0.25, -0.2) is 0 Å². The molecule has 0 radical (unpaired) electrons. The molecule has 0 aromatic carbocycles. The quantitative estimate of drug-likeness (QED) is 0.663. The molecule has 1 heterocycles. The van der Waals surface area contributed by atoms with Crippen molar-refractivity contribution in [1.82, 2.24) is 15.1 Å². The van der Waals surface area contributed by atoms with E-state index < -0.39 is 0 Å². The summed E-state index contributed by atoms with van der Waals surface area (Å²) in [4.78, 5) is 28.2. The standard InChI is InChI=1S/C15H30N4O2/c1-5-15(6-2,11-16)17-14(21)12-9-13(20)19(10-12)8-7-18(3)4/h12H,5-11,16H2,1-4H3,(H,17,21). The van der Waals surface area contributed by atoms with Gasteiger partial charge in [0.15, 0.2) is 0 Å². The van der Waals surface area contributed by atoms with E-state index in [0.29, 0.717) is 26.1 Å². The van der Waals surface area contributed by atoms with E-state index in [0.717, 1.165) is 19.4 Å². The minimum atomic E-state index is -0.336. The molecule has 1 aliphatic heterocycles. The highest BCUT2D eigenvalue weighted by Gasteiger charge is 2.37. The number of likely N-dealkylation sites (tertiary alicyclic amines) is 1. The second kappa shape index (κ2) is 7.75. The number of hydrogen-bond donors (Lipinski definition) is 2. The third-order valence-electron chi connectivity index (χ3n) is 4.54. The molecule has 1 unspecified atom stereocenters. The highest BCUT2D eigenvalue weighted by atomic mass is 16.2. The van der Waals surface area contributed by atoms with Gasteiger partial charge in [0.05, 0.1) is 11.5 Å². The van der Waals surface area contributed by atoms with E-state index in [2.05, 4.69) is 5.32 Å². The first-order valence-corrected chi connectivity index (χ1v) is 7.82. The molecule has 1 fully saturated rings. The maximum atomic E-state index is 12.4. The van der Waals surface area contributed by atoms with Crippen LogP contribution in [-0.2, 0) is 9.59 Å². The molecular formula is C15H30N4O2. The summed E-state index contributed by atoms with van der Waals surface area (Å²) >= 11 is 0. The Kier molecular flexibility index (Phi) is 6.61. The zero-order valence-corrected chi connectivity index (χ0v) is 13.8. The maximum Gasteiger partial charge on any atom is 0.225 e. The van der Waals surface area contributed by atoms with Crippen molar-refractivity contribution in [3.8, 4) is 0 Å². The lowest BCUT2D eigenvalue weighted by molar-refractivity contribution is -0.129. The fraction of sp³-hybridized carbons (Fsp3) is 0.867. The Morgan fingerprint density at radius 1 is 1.43 bits per heavy atom. The summed E-state index contributed by atoms with van der Waals surface area (Å²) in [6, 6.07) is 0. The summed E-state index contributed by atoms with van der Waals surface area (Å²) in [7, 11) is 3.95. The molecule has 0 aromatic heterocycles. The van der Waals surface area contributed by atoms with Crippen LogP contribution in [-0.4, -0.2) is 67.4 Å². The van der Waals surface area contributed by atoms with Gasteiger partial charge in [-0.15, -0.1) is 0 Å². The number of hydrogen-bond acceptors (Lipinski definition) is 4. The number of rotatable bonds is 8. The third kappa shape index (κ3) is 4.68. The molecule has 21 heavy (non-hydrogen) atoms. The first-order valence-electron chi connectivity index (χ1n) is 7.82. The molecule has 2 amide bonds. The highest BCUT2D eigenvalue weighted by molar-refractivity contribution is 5.89. The molecular weight excluding hydrogens is 268 g/mol. The molecule has 6 nitrogen and oxygen atoms in total. The van der Waals surface area contributed by atoms with Crippen molar-refractivity contribution in [2.45, 2.75) is 38.6 Å². The molecule has 0 bridgehead atoms. The summed E-state index contributed by atoms with van der Waals surface area (Å²) in [5.41, 5.74) is 5.48. The summed E-state index contributed by atoms with van der Waals surface area (Å²) in [5, 5.41) is 3.07. The second-order valence-electron chi connectivity index (χ2n) is 6.22. The predicted molar refractivity (Wildman–Crippen MR) is 83.8 cm³/mol. The Balaban J connectivity index is 2.58. The van der Waals surface area contributed by atoms with Crippen molar-refractivity contribution in [1.29, 1.82) is 0 Å². The fourth-order valence-electron chi connectivity index (χ4n) is 2.61. The van der Waals surface area contributed by atoms with Gasteiger partial charge in [0.2, 0.25) is 11.8 Å². The van der Waals surface area contributed by atoms with E-state index >= 15 is 0 Å². The monoisotopic (exact) mass is 298 g/mol. The summed E-state index contributed by atoms with van der Waals surface area (Å²) in [6.45, 7) is 6.50. The van der Waals surface area contributed by atoms with Crippen LogP contribution in [0.25, 0.3) is 0 Å². The Hall–Kier alpha value is -1.14. The van der Waals surface area contributed by atoms with Crippen LogP contribution in [0.15, 0.2) is 0 Å². The highest BCUT2D eigenvalue weighted by Crippen LogP contribution is 2.20. The molecule has 1 aliphatic rings. The van der Waals surface area contributed by atoms with Gasteiger partial charge < -0.3 is 20.9 Å². The molecule has 3 N–H and O–H groups in total. The zero-order valence-electron chi connectivity index (χ0n) is 13.8. The second-order valence-corrected chi connectivity index (χ2v) is 6.22. The molecule has 6 heteroatoms. The van der Waals surface area contributed by atoms with E-state index in [9.17, 15) is 9.59 Å². The number of carbonyl (C=O) groups is 2. The van der Waals surface area contributed by atoms with E-state index in [-0.39, 0.29) is 23.3 Å². The van der Waals surface area contributed by atoms with E-state index in [1.165, 1.54) is 0 Å². The number of nitrogens with one attached hydrogen (secondary N) is 1. The van der Waals surface area contributed by atoms with Gasteiger partial charge in [0, 0.05) is 32.6 Å². The zero-order chi connectivity index (χ0) is 16.0. The van der Waals surface area contributed by atoms with Crippen LogP contribution in [0.2, 0.25) is 0 Å². The van der Waals surface area contributed by atoms with Crippen LogP contribution < -0.4 is 11.1 Å². The maximum absolute atomic E-state index is 12.4. The van der Waals surface area contributed by atoms with Crippen LogP contribution in [0.5, 0.6) is 0 Å². The van der Waals surface area contributed by atoms with Gasteiger partial charge in [0.1, 0.15) is 0 Å². The number of nitrogens with zero attached hydrogens (tertiary/aromatic N) is 2. The number of amides is 2. The molecule has 1 atom stereocenters. The van der Waals surface area contributed by atoms with E-state index in [1.54, 1.807) is 4.90 Å². The van der Waals surface area contributed by atoms with Gasteiger partial charge in [-0.3, -0.25) is 9.59 Å². The lowest BCUT2D eigenvalue weighted by atomic mass is 9.91. The minimum absolute atomic E-state index is 0.0372. The first-order chi connectivity index (χ1) is 9.87. The van der Waals surface area contributed by atoms with Crippen molar-refractivity contribution in [2.75, 3.05) is 40.3 Å². The third-order valence-corrected chi connectivity index (χ3v) is 4.54. The van der Waals surface area contributed by atoms with E-state index in [1.807, 2.05) is 32.8 Å². The van der Waals surface area contributed by atoms with Crippen molar-refractivity contribution >= 4 is 11.8 Å². The molecule has 0 aromatic rings. The summed E-state index contributed by atoms with van der Waals surface area (Å²) < 4.78 is 0.